The van der Waals surface area contributed by atoms with Crippen LogP contribution < -0.4 is 25.6 Å². The number of pyridine rings is 1. The van der Waals surface area contributed by atoms with Gasteiger partial charge in [0, 0.05) is 44.0 Å². The number of aliphatic hydroxyl groups excluding tert-OH is 1. The maximum absolute atomic E-state index is 14.0. The number of fused-ring (bicyclic) bond motifs is 1. The van der Waals surface area contributed by atoms with E-state index >= 15 is 0 Å². The van der Waals surface area contributed by atoms with Crippen LogP contribution in [0.15, 0.2) is 76.9 Å². The maximum atomic E-state index is 14.0. The third-order valence-corrected chi connectivity index (χ3v) is 6.75. The van der Waals surface area contributed by atoms with E-state index in [4.69, 9.17) is 0 Å². The number of carbonyl (C=O) groups is 1. The molecule has 1 amide bonds. The monoisotopic (exact) mass is 488 g/mol. The normalized spacial score (nSPS) is 15.2. The molecule has 10 heteroatoms. The Hall–Kier alpha value is -4.15. The molecule has 3 heterocycles. The lowest BCUT2D eigenvalue weighted by molar-refractivity contribution is 0.0872. The van der Waals surface area contributed by atoms with E-state index in [9.17, 15) is 14.7 Å². The lowest BCUT2D eigenvalue weighted by Gasteiger charge is -2.43. The van der Waals surface area contributed by atoms with E-state index in [-0.39, 0.29) is 11.1 Å². The largest absolute Gasteiger partial charge is 0.356 e. The SMILES string of the molecule is CN(C)c1nc(Nc2cc(=O)n(C)c3c2C(=O)N(c2ccccc2)C(O)N3c2ccccc2)cs1. The standard InChI is InChI=1S/C25H24N6O3S/c1-28(2)24-27-19(15-35-24)26-18-14-20(32)29(3)22-21(18)23(33)31(17-12-8-5-9-13-17)25(34)30(22)16-10-6-4-7-11-16/h4-15,25-26,34H,1-3H3. The molecule has 0 bridgehead atoms. The summed E-state index contributed by atoms with van der Waals surface area (Å²) in [5, 5.41) is 17.3. The highest BCUT2D eigenvalue weighted by atomic mass is 32.1. The van der Waals surface area contributed by atoms with Gasteiger partial charge < -0.3 is 15.3 Å². The zero-order chi connectivity index (χ0) is 24.7. The number of aromatic nitrogens is 2. The molecule has 0 spiro atoms. The first-order valence-corrected chi connectivity index (χ1v) is 11.8. The zero-order valence-corrected chi connectivity index (χ0v) is 20.2. The fourth-order valence-electron chi connectivity index (χ4n) is 4.08. The van der Waals surface area contributed by atoms with Crippen LogP contribution in [0.1, 0.15) is 10.4 Å². The number of hydrogen-bond acceptors (Lipinski definition) is 8. The van der Waals surface area contributed by atoms with Crippen LogP contribution in [0.25, 0.3) is 0 Å². The first kappa shape index (κ1) is 22.6. The molecule has 1 aliphatic heterocycles. The molecule has 2 aromatic heterocycles. The number of nitrogens with one attached hydrogen (secondary N) is 1. The number of thiazole rings is 1. The highest BCUT2D eigenvalue weighted by Crippen LogP contribution is 2.41. The molecule has 2 N–H and O–H groups in total. The molecule has 0 fully saturated rings. The molecule has 0 radical (unpaired) electrons. The van der Waals surface area contributed by atoms with Gasteiger partial charge in [-0.15, -0.1) is 11.3 Å². The number of carbonyl (C=O) groups excluding carboxylic acids is 1. The van der Waals surface area contributed by atoms with Gasteiger partial charge in [0.1, 0.15) is 17.2 Å². The summed E-state index contributed by atoms with van der Waals surface area (Å²) in [6.07, 6.45) is -1.37. The minimum atomic E-state index is -1.37. The number of hydrogen-bond donors (Lipinski definition) is 2. The Labute approximate surface area is 206 Å². The second kappa shape index (κ2) is 8.90. The molecule has 178 valence electrons. The van der Waals surface area contributed by atoms with Gasteiger partial charge in [0.15, 0.2) is 5.13 Å². The van der Waals surface area contributed by atoms with Crippen molar-refractivity contribution in [1.29, 1.82) is 0 Å². The molecular weight excluding hydrogens is 464 g/mol. The van der Waals surface area contributed by atoms with Crippen LogP contribution in [0.4, 0.5) is 33.8 Å². The number of benzene rings is 2. The van der Waals surface area contributed by atoms with Gasteiger partial charge in [-0.1, -0.05) is 36.4 Å². The van der Waals surface area contributed by atoms with Crippen molar-refractivity contribution in [2.45, 2.75) is 6.35 Å². The van der Waals surface area contributed by atoms with Crippen molar-refractivity contribution in [3.8, 4) is 0 Å². The van der Waals surface area contributed by atoms with Gasteiger partial charge in [0.05, 0.1) is 5.69 Å². The minimum absolute atomic E-state index is 0.254. The minimum Gasteiger partial charge on any atom is -0.356 e. The Morgan fingerprint density at radius 1 is 0.971 bits per heavy atom. The summed E-state index contributed by atoms with van der Waals surface area (Å²) in [6, 6.07) is 19.5. The first-order chi connectivity index (χ1) is 16.9. The summed E-state index contributed by atoms with van der Waals surface area (Å²) in [7, 11) is 5.37. The third-order valence-electron chi connectivity index (χ3n) is 5.74. The summed E-state index contributed by atoms with van der Waals surface area (Å²) >= 11 is 1.44. The van der Waals surface area contributed by atoms with Crippen molar-refractivity contribution in [3.05, 3.63) is 88.0 Å². The number of aliphatic hydroxyl groups is 1. The van der Waals surface area contributed by atoms with Crippen molar-refractivity contribution in [1.82, 2.24) is 9.55 Å². The lowest BCUT2D eigenvalue weighted by atomic mass is 10.1. The molecule has 0 aliphatic carbocycles. The Morgan fingerprint density at radius 2 is 1.57 bits per heavy atom. The smallest absolute Gasteiger partial charge is 0.267 e. The fourth-order valence-corrected chi connectivity index (χ4v) is 4.77. The Bertz CT molecular complexity index is 1430. The van der Waals surface area contributed by atoms with E-state index in [1.165, 1.54) is 26.9 Å². The summed E-state index contributed by atoms with van der Waals surface area (Å²) < 4.78 is 1.38. The second-order valence-corrected chi connectivity index (χ2v) is 9.09. The summed E-state index contributed by atoms with van der Waals surface area (Å²) in [4.78, 5) is 36.3. The van der Waals surface area contributed by atoms with Crippen LogP contribution in [0.2, 0.25) is 0 Å². The van der Waals surface area contributed by atoms with Crippen LogP contribution in [-0.4, -0.2) is 41.0 Å². The molecule has 0 saturated heterocycles. The number of para-hydroxylation sites is 2. The topological polar surface area (TPSA) is 93.9 Å². The van der Waals surface area contributed by atoms with E-state index in [0.717, 1.165) is 5.13 Å². The highest BCUT2D eigenvalue weighted by Gasteiger charge is 2.42. The molecule has 0 saturated carbocycles. The predicted molar refractivity (Wildman–Crippen MR) is 139 cm³/mol. The molecule has 4 aromatic rings. The van der Waals surface area contributed by atoms with Crippen molar-refractivity contribution in [3.63, 3.8) is 0 Å². The molecule has 1 atom stereocenters. The quantitative estimate of drug-likeness (QED) is 0.442. The first-order valence-electron chi connectivity index (χ1n) is 10.9. The van der Waals surface area contributed by atoms with Gasteiger partial charge in [-0.25, -0.2) is 4.98 Å². The number of amides is 1. The van der Waals surface area contributed by atoms with Crippen molar-refractivity contribution >= 4 is 51.1 Å². The van der Waals surface area contributed by atoms with Gasteiger partial charge in [0.25, 0.3) is 11.5 Å². The van der Waals surface area contributed by atoms with Gasteiger partial charge in [-0.3, -0.25) is 24.0 Å². The second-order valence-electron chi connectivity index (χ2n) is 8.25. The van der Waals surface area contributed by atoms with Crippen molar-refractivity contribution in [2.75, 3.05) is 34.1 Å². The van der Waals surface area contributed by atoms with Gasteiger partial charge in [-0.2, -0.15) is 0 Å². The highest BCUT2D eigenvalue weighted by molar-refractivity contribution is 7.14. The van der Waals surface area contributed by atoms with Crippen LogP contribution in [-0.2, 0) is 7.05 Å². The number of rotatable bonds is 5. The molecular formula is C25H24N6O3S. The lowest BCUT2D eigenvalue weighted by Crippen LogP contribution is -2.55. The predicted octanol–water partition coefficient (Wildman–Crippen LogP) is 3.73. The maximum Gasteiger partial charge on any atom is 0.267 e. The molecule has 9 nitrogen and oxygen atoms in total. The molecule has 1 aliphatic rings. The zero-order valence-electron chi connectivity index (χ0n) is 19.4. The van der Waals surface area contributed by atoms with Crippen LogP contribution >= 0.6 is 11.3 Å². The molecule has 5 rings (SSSR count). The van der Waals surface area contributed by atoms with Gasteiger partial charge in [-0.05, 0) is 24.3 Å². The Kier molecular flexibility index (Phi) is 5.75. The van der Waals surface area contributed by atoms with Gasteiger partial charge in [0.2, 0.25) is 6.35 Å². The van der Waals surface area contributed by atoms with E-state index in [1.54, 1.807) is 36.2 Å². The van der Waals surface area contributed by atoms with E-state index in [0.29, 0.717) is 28.7 Å². The van der Waals surface area contributed by atoms with E-state index in [2.05, 4.69) is 10.3 Å². The number of anilines is 6. The van der Waals surface area contributed by atoms with Crippen LogP contribution in [0.5, 0.6) is 0 Å². The van der Waals surface area contributed by atoms with Crippen molar-refractivity contribution < 1.29 is 9.90 Å². The average Bonchev–Trinajstić information content (AvgIpc) is 3.32. The number of nitrogens with zero attached hydrogens (tertiary/aromatic N) is 5. The Balaban J connectivity index is 1.74. The van der Waals surface area contributed by atoms with E-state index < -0.39 is 12.3 Å². The van der Waals surface area contributed by atoms with E-state index in [1.807, 2.05) is 60.8 Å². The average molecular weight is 489 g/mol. The molecule has 2 aromatic carbocycles. The fraction of sp³-hybridized carbons (Fsp3) is 0.160. The van der Waals surface area contributed by atoms with Crippen molar-refractivity contribution in [2.24, 2.45) is 7.05 Å². The van der Waals surface area contributed by atoms with Gasteiger partial charge >= 0.3 is 0 Å². The summed E-state index contributed by atoms with van der Waals surface area (Å²) in [5.74, 6) is 0.372. The summed E-state index contributed by atoms with van der Waals surface area (Å²) in [6.45, 7) is 0. The third kappa shape index (κ3) is 3.92. The molecule has 1 unspecified atom stereocenters. The Morgan fingerprint density at radius 3 is 2.14 bits per heavy atom. The van der Waals surface area contributed by atoms with Crippen LogP contribution in [0.3, 0.4) is 0 Å². The summed E-state index contributed by atoms with van der Waals surface area (Å²) in [5.41, 5.74) is 1.40. The molecule has 35 heavy (non-hydrogen) atoms. The van der Waals surface area contributed by atoms with Crippen LogP contribution in [0, 0.1) is 0 Å².